The molecule has 0 bridgehead atoms. The minimum absolute atomic E-state index is 0.185. The molecule has 0 spiro atoms. The summed E-state index contributed by atoms with van der Waals surface area (Å²) in [5, 5.41) is 0. The predicted molar refractivity (Wildman–Crippen MR) is 107 cm³/mol. The van der Waals surface area contributed by atoms with E-state index < -0.39 is 0 Å². The Labute approximate surface area is 156 Å². The maximum absolute atomic E-state index is 13.0. The Bertz CT molecular complexity index is 1130. The molecule has 7 heteroatoms. The van der Waals surface area contributed by atoms with Crippen molar-refractivity contribution in [2.24, 2.45) is 7.05 Å². The second kappa shape index (κ2) is 6.57. The first-order valence-corrected chi connectivity index (χ1v) is 9.24. The van der Waals surface area contributed by atoms with E-state index >= 15 is 0 Å². The van der Waals surface area contributed by atoms with E-state index in [9.17, 15) is 9.59 Å². The van der Waals surface area contributed by atoms with Crippen LogP contribution in [0.25, 0.3) is 11.2 Å². The van der Waals surface area contributed by atoms with Crippen molar-refractivity contribution in [3.8, 4) is 0 Å². The number of aryl methyl sites for hydroxylation is 3. The summed E-state index contributed by atoms with van der Waals surface area (Å²) in [4.78, 5) is 32.3. The number of hydrogen-bond donors (Lipinski definition) is 0. The number of aromatic nitrogens is 4. The molecular weight excluding hydrogens is 342 g/mol. The topological polar surface area (TPSA) is 65.1 Å². The summed E-state index contributed by atoms with van der Waals surface area (Å²) in [5.74, 6) is 0.712. The smallest absolute Gasteiger partial charge is 0.312 e. The van der Waals surface area contributed by atoms with E-state index in [-0.39, 0.29) is 17.8 Å². The molecular formula is C20H23N5O2. The lowest BCUT2D eigenvalue weighted by Crippen LogP contribution is -2.39. The molecule has 7 nitrogen and oxygen atoms in total. The van der Waals surface area contributed by atoms with Crippen molar-refractivity contribution in [2.75, 3.05) is 11.4 Å². The van der Waals surface area contributed by atoms with Crippen LogP contribution in [0.4, 0.5) is 11.6 Å². The van der Waals surface area contributed by atoms with E-state index in [0.717, 1.165) is 25.1 Å². The van der Waals surface area contributed by atoms with Gasteiger partial charge < -0.3 is 9.47 Å². The first kappa shape index (κ1) is 17.3. The van der Waals surface area contributed by atoms with E-state index in [0.29, 0.717) is 23.7 Å². The number of imidazole rings is 1. The summed E-state index contributed by atoms with van der Waals surface area (Å²) in [5.41, 5.74) is 2.54. The Balaban J connectivity index is 1.95. The SMILES string of the molecule is C=CCn1c(=O)c2c(nc3n2CCCN3c2ccc(CC)cc2)n(C)c1=O. The number of anilines is 2. The number of fused-ring (bicyclic) bond motifs is 3. The van der Waals surface area contributed by atoms with Crippen LogP contribution in [0.1, 0.15) is 18.9 Å². The standard InChI is InChI=1S/C20H23N5O2/c1-4-11-25-18(26)16-17(22(3)20(25)27)21-19-23(12-6-13-24(16)19)15-9-7-14(5-2)8-10-15/h4,7-10H,1,5-6,11-13H2,2-3H3. The number of rotatable bonds is 4. The fraction of sp³-hybridized carbons (Fsp3) is 0.350. The average Bonchev–Trinajstić information content (AvgIpc) is 3.09. The highest BCUT2D eigenvalue weighted by atomic mass is 16.2. The third-order valence-electron chi connectivity index (χ3n) is 5.19. The van der Waals surface area contributed by atoms with Crippen LogP contribution in [0.15, 0.2) is 46.5 Å². The molecule has 1 aliphatic rings. The Morgan fingerprint density at radius 2 is 1.93 bits per heavy atom. The van der Waals surface area contributed by atoms with Crippen LogP contribution < -0.4 is 16.1 Å². The van der Waals surface area contributed by atoms with Crippen LogP contribution in [0, 0.1) is 0 Å². The van der Waals surface area contributed by atoms with Gasteiger partial charge in [0.05, 0.1) is 0 Å². The van der Waals surface area contributed by atoms with E-state index in [1.807, 2.05) is 4.57 Å². The average molecular weight is 365 g/mol. The molecule has 1 aromatic carbocycles. The molecule has 0 radical (unpaired) electrons. The molecule has 1 aliphatic heterocycles. The van der Waals surface area contributed by atoms with Crippen LogP contribution in [0.5, 0.6) is 0 Å². The molecule has 4 rings (SSSR count). The van der Waals surface area contributed by atoms with E-state index in [2.05, 4.69) is 47.7 Å². The summed E-state index contributed by atoms with van der Waals surface area (Å²) in [7, 11) is 1.66. The van der Waals surface area contributed by atoms with Gasteiger partial charge in [-0.25, -0.2) is 4.79 Å². The van der Waals surface area contributed by atoms with Crippen LogP contribution in [-0.2, 0) is 26.6 Å². The van der Waals surface area contributed by atoms with E-state index in [4.69, 9.17) is 0 Å². The fourth-order valence-electron chi connectivity index (χ4n) is 3.71. The second-order valence-electron chi connectivity index (χ2n) is 6.81. The van der Waals surface area contributed by atoms with Crippen molar-refractivity contribution in [3.05, 3.63) is 63.3 Å². The number of benzene rings is 1. The highest BCUT2D eigenvalue weighted by Gasteiger charge is 2.26. The van der Waals surface area contributed by atoms with Gasteiger partial charge >= 0.3 is 5.69 Å². The summed E-state index contributed by atoms with van der Waals surface area (Å²) >= 11 is 0. The number of allylic oxidation sites excluding steroid dienone is 1. The second-order valence-corrected chi connectivity index (χ2v) is 6.81. The molecule has 0 unspecified atom stereocenters. The molecule has 0 atom stereocenters. The monoisotopic (exact) mass is 365 g/mol. The fourth-order valence-corrected chi connectivity index (χ4v) is 3.71. The quantitative estimate of drug-likeness (QED) is 0.665. The molecule has 0 saturated heterocycles. The van der Waals surface area contributed by atoms with Crippen LogP contribution >= 0.6 is 0 Å². The highest BCUT2D eigenvalue weighted by Crippen LogP contribution is 2.31. The lowest BCUT2D eigenvalue weighted by atomic mass is 10.1. The van der Waals surface area contributed by atoms with Gasteiger partial charge in [-0.3, -0.25) is 13.9 Å². The molecule has 0 amide bonds. The minimum Gasteiger partial charge on any atom is -0.312 e. The Morgan fingerprint density at radius 1 is 1.19 bits per heavy atom. The molecule has 3 aromatic rings. The lowest BCUT2D eigenvalue weighted by Gasteiger charge is -2.29. The Kier molecular flexibility index (Phi) is 4.22. The van der Waals surface area contributed by atoms with Crippen LogP contribution in [0.2, 0.25) is 0 Å². The highest BCUT2D eigenvalue weighted by molar-refractivity contribution is 5.77. The molecule has 27 heavy (non-hydrogen) atoms. The van der Waals surface area contributed by atoms with Gasteiger partial charge in [0, 0.05) is 32.4 Å². The van der Waals surface area contributed by atoms with Gasteiger partial charge in [-0.2, -0.15) is 4.98 Å². The maximum atomic E-state index is 13.0. The predicted octanol–water partition coefficient (Wildman–Crippen LogP) is 2.19. The van der Waals surface area contributed by atoms with Crippen molar-refractivity contribution < 1.29 is 0 Å². The van der Waals surface area contributed by atoms with Gasteiger partial charge in [0.1, 0.15) is 0 Å². The number of hydrogen-bond acceptors (Lipinski definition) is 4. The molecule has 2 aromatic heterocycles. The van der Waals surface area contributed by atoms with Crippen molar-refractivity contribution >= 4 is 22.8 Å². The van der Waals surface area contributed by atoms with Crippen molar-refractivity contribution in [1.82, 2.24) is 18.7 Å². The van der Waals surface area contributed by atoms with Gasteiger partial charge in [0.15, 0.2) is 11.2 Å². The third-order valence-corrected chi connectivity index (χ3v) is 5.19. The van der Waals surface area contributed by atoms with Gasteiger partial charge in [0.25, 0.3) is 5.56 Å². The van der Waals surface area contributed by atoms with Crippen molar-refractivity contribution in [2.45, 2.75) is 32.9 Å². The van der Waals surface area contributed by atoms with Crippen molar-refractivity contribution in [1.29, 1.82) is 0 Å². The first-order chi connectivity index (χ1) is 13.1. The molecule has 0 aliphatic carbocycles. The van der Waals surface area contributed by atoms with Gasteiger partial charge in [0.2, 0.25) is 5.95 Å². The van der Waals surface area contributed by atoms with Gasteiger partial charge in [-0.15, -0.1) is 6.58 Å². The molecule has 3 heterocycles. The summed E-state index contributed by atoms with van der Waals surface area (Å²) in [6.45, 7) is 7.49. The zero-order valence-electron chi connectivity index (χ0n) is 15.7. The van der Waals surface area contributed by atoms with E-state index in [1.165, 1.54) is 14.7 Å². The third kappa shape index (κ3) is 2.61. The Morgan fingerprint density at radius 3 is 2.59 bits per heavy atom. The summed E-state index contributed by atoms with van der Waals surface area (Å²) in [6, 6.07) is 8.40. The molecule has 140 valence electrons. The van der Waals surface area contributed by atoms with Gasteiger partial charge in [-0.05, 0) is 30.5 Å². The minimum atomic E-state index is -0.373. The molecule has 0 fully saturated rings. The zero-order valence-corrected chi connectivity index (χ0v) is 15.7. The van der Waals surface area contributed by atoms with Gasteiger partial charge in [-0.1, -0.05) is 25.1 Å². The molecule has 0 N–H and O–H groups in total. The first-order valence-electron chi connectivity index (χ1n) is 9.24. The maximum Gasteiger partial charge on any atom is 0.332 e. The van der Waals surface area contributed by atoms with Crippen molar-refractivity contribution in [3.63, 3.8) is 0 Å². The summed E-state index contributed by atoms with van der Waals surface area (Å²) in [6.07, 6.45) is 3.45. The normalized spacial score (nSPS) is 13.8. The Hall–Kier alpha value is -3.09. The lowest BCUT2D eigenvalue weighted by molar-refractivity contribution is 0.598. The zero-order chi connectivity index (χ0) is 19.1. The summed E-state index contributed by atoms with van der Waals surface area (Å²) < 4.78 is 4.59. The van der Waals surface area contributed by atoms with Crippen LogP contribution in [-0.4, -0.2) is 25.2 Å². The van der Waals surface area contributed by atoms with E-state index in [1.54, 1.807) is 13.1 Å². The largest absolute Gasteiger partial charge is 0.332 e. The molecule has 0 saturated carbocycles. The number of nitrogens with zero attached hydrogens (tertiary/aromatic N) is 5. The van der Waals surface area contributed by atoms with Crippen LogP contribution in [0.3, 0.4) is 0 Å².